The molecule has 3 rings (SSSR count). The van der Waals surface area contributed by atoms with Crippen LogP contribution < -0.4 is 14.4 Å². The molecule has 1 heterocycles. The maximum absolute atomic E-state index is 5.37. The van der Waals surface area contributed by atoms with Crippen LogP contribution in [0.15, 0.2) is 42.5 Å². The van der Waals surface area contributed by atoms with Crippen molar-refractivity contribution in [3.05, 3.63) is 53.6 Å². The average molecular weight is 326 g/mol. The van der Waals surface area contributed by atoms with Crippen molar-refractivity contribution in [3.8, 4) is 11.5 Å². The van der Waals surface area contributed by atoms with Crippen LogP contribution in [0.4, 0.5) is 5.69 Å². The Morgan fingerprint density at radius 3 is 2.08 bits per heavy atom. The molecule has 1 aliphatic heterocycles. The van der Waals surface area contributed by atoms with Crippen LogP contribution in [0.25, 0.3) is 0 Å². The lowest BCUT2D eigenvalue weighted by molar-refractivity contribution is 0.249. The summed E-state index contributed by atoms with van der Waals surface area (Å²) in [4.78, 5) is 4.97. The number of benzene rings is 2. The second kappa shape index (κ2) is 7.58. The molecule has 1 saturated heterocycles. The molecule has 0 atom stereocenters. The van der Waals surface area contributed by atoms with Crippen molar-refractivity contribution in [1.82, 2.24) is 4.90 Å². The minimum absolute atomic E-state index is 0.850. The Hall–Kier alpha value is -2.20. The first-order chi connectivity index (χ1) is 11.7. The summed E-state index contributed by atoms with van der Waals surface area (Å²) >= 11 is 0. The Labute approximate surface area is 144 Å². The van der Waals surface area contributed by atoms with Crippen molar-refractivity contribution in [2.75, 3.05) is 45.3 Å². The van der Waals surface area contributed by atoms with Crippen LogP contribution in [0.5, 0.6) is 11.5 Å². The third kappa shape index (κ3) is 3.82. The van der Waals surface area contributed by atoms with Crippen molar-refractivity contribution in [2.24, 2.45) is 0 Å². The summed E-state index contributed by atoms with van der Waals surface area (Å²) in [7, 11) is 3.39. The highest BCUT2D eigenvalue weighted by Gasteiger charge is 2.18. The van der Waals surface area contributed by atoms with E-state index in [1.165, 1.54) is 16.8 Å². The maximum Gasteiger partial charge on any atom is 0.122 e. The topological polar surface area (TPSA) is 24.9 Å². The minimum atomic E-state index is 0.850. The van der Waals surface area contributed by atoms with E-state index in [0.717, 1.165) is 44.2 Å². The first-order valence-electron chi connectivity index (χ1n) is 8.44. The van der Waals surface area contributed by atoms with Gasteiger partial charge in [-0.15, -0.1) is 0 Å². The molecule has 0 aromatic heterocycles. The van der Waals surface area contributed by atoms with Gasteiger partial charge in [-0.05, 0) is 36.2 Å². The lowest BCUT2D eigenvalue weighted by atomic mass is 10.1. The van der Waals surface area contributed by atoms with Crippen LogP contribution in [0.1, 0.15) is 11.1 Å². The highest BCUT2D eigenvalue weighted by atomic mass is 16.5. The molecule has 2 aromatic rings. The van der Waals surface area contributed by atoms with Gasteiger partial charge in [0.15, 0.2) is 0 Å². The van der Waals surface area contributed by atoms with Gasteiger partial charge in [0.25, 0.3) is 0 Å². The largest absolute Gasteiger partial charge is 0.497 e. The second-order valence-electron chi connectivity index (χ2n) is 6.27. The molecule has 2 aromatic carbocycles. The molecule has 4 nitrogen and oxygen atoms in total. The van der Waals surface area contributed by atoms with Gasteiger partial charge in [0.05, 0.1) is 14.2 Å². The predicted molar refractivity (Wildman–Crippen MR) is 98.2 cm³/mol. The van der Waals surface area contributed by atoms with E-state index in [1.807, 2.05) is 6.07 Å². The fourth-order valence-electron chi connectivity index (χ4n) is 3.28. The van der Waals surface area contributed by atoms with Crippen molar-refractivity contribution in [2.45, 2.75) is 13.5 Å². The van der Waals surface area contributed by atoms with E-state index in [0.29, 0.717) is 0 Å². The third-order valence-electron chi connectivity index (χ3n) is 4.65. The van der Waals surface area contributed by atoms with E-state index < -0.39 is 0 Å². The molecule has 0 N–H and O–H groups in total. The number of hydrogen-bond donors (Lipinski definition) is 0. The summed E-state index contributed by atoms with van der Waals surface area (Å²) in [6, 6.07) is 14.7. The number of methoxy groups -OCH3 is 2. The average Bonchev–Trinajstić information content (AvgIpc) is 2.62. The second-order valence-corrected chi connectivity index (χ2v) is 6.27. The van der Waals surface area contributed by atoms with Gasteiger partial charge in [0, 0.05) is 44.5 Å². The maximum atomic E-state index is 5.37. The zero-order chi connectivity index (χ0) is 16.9. The highest BCUT2D eigenvalue weighted by Crippen LogP contribution is 2.25. The smallest absolute Gasteiger partial charge is 0.122 e. The van der Waals surface area contributed by atoms with E-state index >= 15 is 0 Å². The summed E-state index contributed by atoms with van der Waals surface area (Å²) in [6.07, 6.45) is 0. The quantitative estimate of drug-likeness (QED) is 0.841. The van der Waals surface area contributed by atoms with E-state index in [2.05, 4.69) is 53.1 Å². The number of para-hydroxylation sites is 1. The number of piperazine rings is 1. The Kier molecular flexibility index (Phi) is 5.26. The van der Waals surface area contributed by atoms with Crippen LogP contribution in [0.2, 0.25) is 0 Å². The van der Waals surface area contributed by atoms with Crippen LogP contribution >= 0.6 is 0 Å². The first-order valence-corrected chi connectivity index (χ1v) is 8.44. The fraction of sp³-hybridized carbons (Fsp3) is 0.400. The zero-order valence-corrected chi connectivity index (χ0v) is 14.8. The Morgan fingerprint density at radius 1 is 0.875 bits per heavy atom. The Balaban J connectivity index is 1.62. The van der Waals surface area contributed by atoms with Gasteiger partial charge in [0.2, 0.25) is 0 Å². The van der Waals surface area contributed by atoms with Crippen molar-refractivity contribution >= 4 is 5.69 Å². The predicted octanol–water partition coefficient (Wildman–Crippen LogP) is 3.33. The molecule has 1 aliphatic rings. The van der Waals surface area contributed by atoms with Gasteiger partial charge in [-0.3, -0.25) is 4.90 Å². The van der Waals surface area contributed by atoms with Gasteiger partial charge >= 0.3 is 0 Å². The van der Waals surface area contributed by atoms with Gasteiger partial charge in [-0.1, -0.05) is 18.2 Å². The van der Waals surface area contributed by atoms with E-state index in [1.54, 1.807) is 14.2 Å². The third-order valence-corrected chi connectivity index (χ3v) is 4.65. The molecule has 24 heavy (non-hydrogen) atoms. The lowest BCUT2D eigenvalue weighted by Crippen LogP contribution is -2.46. The first kappa shape index (κ1) is 16.7. The number of rotatable bonds is 5. The van der Waals surface area contributed by atoms with E-state index in [4.69, 9.17) is 9.47 Å². The molecule has 0 radical (unpaired) electrons. The van der Waals surface area contributed by atoms with Crippen LogP contribution in [-0.4, -0.2) is 45.3 Å². The summed E-state index contributed by atoms with van der Waals surface area (Å²) < 4.78 is 10.7. The van der Waals surface area contributed by atoms with Gasteiger partial charge in [-0.2, -0.15) is 0 Å². The number of hydrogen-bond acceptors (Lipinski definition) is 4. The molecule has 0 unspecified atom stereocenters. The summed E-state index contributed by atoms with van der Waals surface area (Å²) in [5, 5.41) is 0. The standard InChI is InChI=1S/C20H26N2O2/c1-16-6-4-5-7-20(16)22-10-8-21(9-11-22)15-17-12-18(23-2)14-19(13-17)24-3/h4-7,12-14H,8-11,15H2,1-3H3. The molecule has 0 spiro atoms. The SMILES string of the molecule is COc1cc(CN2CCN(c3ccccc3C)CC2)cc(OC)c1. The van der Waals surface area contributed by atoms with Crippen molar-refractivity contribution < 1.29 is 9.47 Å². The molecule has 1 fully saturated rings. The highest BCUT2D eigenvalue weighted by molar-refractivity contribution is 5.53. The molecule has 0 bridgehead atoms. The number of ether oxygens (including phenoxy) is 2. The Morgan fingerprint density at radius 2 is 1.50 bits per heavy atom. The molecule has 0 amide bonds. The monoisotopic (exact) mass is 326 g/mol. The van der Waals surface area contributed by atoms with Crippen LogP contribution in [0.3, 0.4) is 0 Å². The zero-order valence-electron chi connectivity index (χ0n) is 14.8. The van der Waals surface area contributed by atoms with Gasteiger partial charge in [0.1, 0.15) is 11.5 Å². The van der Waals surface area contributed by atoms with E-state index in [-0.39, 0.29) is 0 Å². The van der Waals surface area contributed by atoms with Gasteiger partial charge in [-0.25, -0.2) is 0 Å². The minimum Gasteiger partial charge on any atom is -0.497 e. The summed E-state index contributed by atoms with van der Waals surface area (Å²) in [5.74, 6) is 1.70. The summed E-state index contributed by atoms with van der Waals surface area (Å²) in [6.45, 7) is 7.36. The van der Waals surface area contributed by atoms with E-state index in [9.17, 15) is 0 Å². The lowest BCUT2D eigenvalue weighted by Gasteiger charge is -2.36. The van der Waals surface area contributed by atoms with Crippen molar-refractivity contribution in [1.29, 1.82) is 0 Å². The number of nitrogens with zero attached hydrogens (tertiary/aromatic N) is 2. The molecular weight excluding hydrogens is 300 g/mol. The van der Waals surface area contributed by atoms with Gasteiger partial charge < -0.3 is 14.4 Å². The molecule has 0 aliphatic carbocycles. The summed E-state index contributed by atoms with van der Waals surface area (Å²) in [5.41, 5.74) is 3.94. The van der Waals surface area contributed by atoms with Crippen molar-refractivity contribution in [3.63, 3.8) is 0 Å². The normalized spacial score (nSPS) is 15.4. The Bertz CT molecular complexity index is 657. The molecular formula is C20H26N2O2. The van der Waals surface area contributed by atoms with Crippen LogP contribution in [-0.2, 0) is 6.54 Å². The van der Waals surface area contributed by atoms with Crippen LogP contribution in [0, 0.1) is 6.92 Å². The number of aryl methyl sites for hydroxylation is 1. The molecule has 4 heteroatoms. The fourth-order valence-corrected chi connectivity index (χ4v) is 3.28. The molecule has 128 valence electrons. The molecule has 0 saturated carbocycles. The number of anilines is 1.